The number of ether oxygens (including phenoxy) is 1. The molecule has 0 saturated heterocycles. The molecule has 1 aliphatic carbocycles. The Morgan fingerprint density at radius 2 is 2.18 bits per heavy atom. The van der Waals surface area contributed by atoms with E-state index in [1.807, 2.05) is 0 Å². The lowest BCUT2D eigenvalue weighted by molar-refractivity contribution is -0.135. The van der Waals surface area contributed by atoms with E-state index >= 15 is 0 Å². The fourth-order valence-corrected chi connectivity index (χ4v) is 2.10. The van der Waals surface area contributed by atoms with E-state index < -0.39 is 0 Å². The minimum Gasteiger partial charge on any atom is -0.426 e. The highest BCUT2D eigenvalue weighted by Crippen LogP contribution is 2.31. The van der Waals surface area contributed by atoms with Gasteiger partial charge < -0.3 is 4.74 Å². The van der Waals surface area contributed by atoms with Crippen molar-refractivity contribution in [3.05, 3.63) is 29.2 Å². The average Bonchev–Trinajstić information content (AvgIpc) is 2.27. The van der Waals surface area contributed by atoms with Crippen LogP contribution in [-0.4, -0.2) is 5.97 Å². The van der Waals surface area contributed by atoms with Gasteiger partial charge in [0.1, 0.15) is 6.26 Å². The standard InChI is InChI=1S/C15H22O2/c1-12(2)8-9-14-6-4-5-7-15(14)10-11-17-13(3)16/h8,11,14H,4-7,9H2,1-3H3. The van der Waals surface area contributed by atoms with E-state index in [0.29, 0.717) is 5.92 Å². The molecule has 0 aliphatic heterocycles. The van der Waals surface area contributed by atoms with Gasteiger partial charge in [-0.1, -0.05) is 23.8 Å². The molecule has 1 rings (SSSR count). The van der Waals surface area contributed by atoms with Gasteiger partial charge in [-0.05, 0) is 51.0 Å². The van der Waals surface area contributed by atoms with Crippen LogP contribution in [0.2, 0.25) is 0 Å². The maximum absolute atomic E-state index is 10.7. The molecule has 0 aromatic carbocycles. The number of hydrogen-bond donors (Lipinski definition) is 0. The Labute approximate surface area is 104 Å². The van der Waals surface area contributed by atoms with Gasteiger partial charge in [0.25, 0.3) is 0 Å². The van der Waals surface area contributed by atoms with Crippen molar-refractivity contribution in [3.8, 4) is 0 Å². The maximum Gasteiger partial charge on any atom is 0.308 e. The van der Waals surface area contributed by atoms with Gasteiger partial charge in [-0.15, -0.1) is 0 Å². The lowest BCUT2D eigenvalue weighted by Crippen LogP contribution is -2.08. The molecular weight excluding hydrogens is 212 g/mol. The van der Waals surface area contributed by atoms with E-state index in [1.54, 1.807) is 0 Å². The lowest BCUT2D eigenvalue weighted by Gasteiger charge is -2.22. The Morgan fingerprint density at radius 3 is 2.82 bits per heavy atom. The number of carbonyl (C=O) groups excluding carboxylic acids is 1. The highest BCUT2D eigenvalue weighted by Gasteiger charge is 2.17. The second-order valence-corrected chi connectivity index (χ2v) is 4.86. The van der Waals surface area contributed by atoms with Gasteiger partial charge >= 0.3 is 5.97 Å². The summed E-state index contributed by atoms with van der Waals surface area (Å²) in [5.41, 5.74) is 5.81. The second kappa shape index (κ2) is 7.13. The first-order valence-corrected chi connectivity index (χ1v) is 6.34. The Morgan fingerprint density at radius 1 is 1.41 bits per heavy atom. The van der Waals surface area contributed by atoms with Gasteiger partial charge in [0.2, 0.25) is 0 Å². The fraction of sp³-hybridized carbons (Fsp3) is 0.600. The van der Waals surface area contributed by atoms with Crippen molar-refractivity contribution in [1.29, 1.82) is 0 Å². The van der Waals surface area contributed by atoms with E-state index in [0.717, 1.165) is 12.8 Å². The first kappa shape index (κ1) is 13.8. The highest BCUT2D eigenvalue weighted by atomic mass is 16.5. The number of allylic oxidation sites excluding steroid dienone is 3. The first-order chi connectivity index (χ1) is 8.09. The molecule has 0 aromatic rings. The van der Waals surface area contributed by atoms with Crippen molar-refractivity contribution >= 4 is 5.97 Å². The topological polar surface area (TPSA) is 26.3 Å². The molecule has 1 unspecified atom stereocenters. The van der Waals surface area contributed by atoms with Crippen molar-refractivity contribution in [2.45, 2.75) is 52.9 Å². The van der Waals surface area contributed by atoms with Crippen LogP contribution in [0.15, 0.2) is 29.2 Å². The van der Waals surface area contributed by atoms with E-state index in [2.05, 4.69) is 25.7 Å². The van der Waals surface area contributed by atoms with Crippen molar-refractivity contribution in [3.63, 3.8) is 0 Å². The van der Waals surface area contributed by atoms with Gasteiger partial charge in [0.05, 0.1) is 0 Å². The van der Waals surface area contributed by atoms with Crippen LogP contribution < -0.4 is 0 Å². The van der Waals surface area contributed by atoms with Crippen LogP contribution >= 0.6 is 0 Å². The summed E-state index contributed by atoms with van der Waals surface area (Å²) < 4.78 is 4.81. The molecule has 0 radical (unpaired) electrons. The molecule has 0 N–H and O–H groups in total. The molecule has 2 heteroatoms. The monoisotopic (exact) mass is 234 g/mol. The SMILES string of the molecule is CC(=O)OC=C=C1CCCCC1CC=C(C)C. The number of rotatable bonds is 3. The van der Waals surface area contributed by atoms with Crippen LogP contribution in [0.4, 0.5) is 0 Å². The zero-order valence-corrected chi connectivity index (χ0v) is 11.1. The summed E-state index contributed by atoms with van der Waals surface area (Å²) in [6.45, 7) is 5.66. The average molecular weight is 234 g/mol. The summed E-state index contributed by atoms with van der Waals surface area (Å²) in [6.07, 6.45) is 9.60. The quantitative estimate of drug-likeness (QED) is 0.317. The summed E-state index contributed by atoms with van der Waals surface area (Å²) in [5.74, 6) is 0.292. The van der Waals surface area contributed by atoms with Gasteiger partial charge in [0, 0.05) is 6.92 Å². The van der Waals surface area contributed by atoms with Crippen LogP contribution in [0.5, 0.6) is 0 Å². The summed E-state index contributed by atoms with van der Waals surface area (Å²) in [6, 6.07) is 0. The molecule has 0 spiro atoms. The van der Waals surface area contributed by atoms with Crippen LogP contribution in [0.25, 0.3) is 0 Å². The van der Waals surface area contributed by atoms with E-state index in [-0.39, 0.29) is 5.97 Å². The lowest BCUT2D eigenvalue weighted by atomic mass is 9.82. The van der Waals surface area contributed by atoms with E-state index in [4.69, 9.17) is 4.74 Å². The van der Waals surface area contributed by atoms with Gasteiger partial charge in [-0.25, -0.2) is 0 Å². The van der Waals surface area contributed by atoms with Crippen molar-refractivity contribution in [2.24, 2.45) is 5.92 Å². The number of esters is 1. The minimum absolute atomic E-state index is 0.283. The Kier molecular flexibility index (Phi) is 5.79. The van der Waals surface area contributed by atoms with Crippen LogP contribution in [-0.2, 0) is 9.53 Å². The molecule has 0 aromatic heterocycles. The zero-order chi connectivity index (χ0) is 12.7. The molecule has 94 valence electrons. The van der Waals surface area contributed by atoms with Crippen molar-refractivity contribution in [1.82, 2.24) is 0 Å². The zero-order valence-electron chi connectivity index (χ0n) is 11.1. The Bertz CT molecular complexity index is 353. The maximum atomic E-state index is 10.7. The van der Waals surface area contributed by atoms with Gasteiger partial charge in [0.15, 0.2) is 0 Å². The van der Waals surface area contributed by atoms with Crippen molar-refractivity contribution < 1.29 is 9.53 Å². The smallest absolute Gasteiger partial charge is 0.308 e. The minimum atomic E-state index is -0.283. The van der Waals surface area contributed by atoms with Gasteiger partial charge in [-0.3, -0.25) is 4.79 Å². The summed E-state index contributed by atoms with van der Waals surface area (Å²) in [4.78, 5) is 10.7. The summed E-state index contributed by atoms with van der Waals surface area (Å²) >= 11 is 0. The molecule has 2 nitrogen and oxygen atoms in total. The molecule has 1 atom stereocenters. The summed E-state index contributed by atoms with van der Waals surface area (Å²) in [5, 5.41) is 0. The molecule has 1 aliphatic rings. The Balaban J connectivity index is 2.68. The largest absolute Gasteiger partial charge is 0.426 e. The first-order valence-electron chi connectivity index (χ1n) is 6.34. The molecule has 17 heavy (non-hydrogen) atoms. The van der Waals surface area contributed by atoms with Crippen LogP contribution in [0.3, 0.4) is 0 Å². The molecule has 0 amide bonds. The second-order valence-electron chi connectivity index (χ2n) is 4.86. The van der Waals surface area contributed by atoms with E-state index in [9.17, 15) is 4.79 Å². The molecular formula is C15H22O2. The number of carbonyl (C=O) groups is 1. The predicted molar refractivity (Wildman–Crippen MR) is 69.4 cm³/mol. The third-order valence-corrected chi connectivity index (χ3v) is 3.02. The molecule has 1 fully saturated rings. The van der Waals surface area contributed by atoms with Gasteiger partial charge in [-0.2, -0.15) is 0 Å². The Hall–Kier alpha value is -1.27. The van der Waals surface area contributed by atoms with Crippen LogP contribution in [0, 0.1) is 5.92 Å². The summed E-state index contributed by atoms with van der Waals surface area (Å²) in [7, 11) is 0. The molecule has 0 heterocycles. The predicted octanol–water partition coefficient (Wildman–Crippen LogP) is 4.14. The molecule has 0 bridgehead atoms. The number of hydrogen-bond acceptors (Lipinski definition) is 2. The highest BCUT2D eigenvalue weighted by molar-refractivity contribution is 5.66. The third-order valence-electron chi connectivity index (χ3n) is 3.02. The van der Waals surface area contributed by atoms with E-state index in [1.165, 1.54) is 43.6 Å². The van der Waals surface area contributed by atoms with Crippen molar-refractivity contribution in [2.75, 3.05) is 0 Å². The molecule has 1 saturated carbocycles. The third kappa shape index (κ3) is 5.55. The van der Waals surface area contributed by atoms with Crippen LogP contribution in [0.1, 0.15) is 52.9 Å². The normalized spacial score (nSPS) is 19.2. The fourth-order valence-electron chi connectivity index (χ4n) is 2.10.